The number of aromatic hydroxyl groups is 2. The van der Waals surface area contributed by atoms with Crippen molar-refractivity contribution in [3.05, 3.63) is 237 Å². The van der Waals surface area contributed by atoms with Crippen LogP contribution >= 0.6 is 84.7 Å². The zero-order valence-electron chi connectivity index (χ0n) is 71.1. The van der Waals surface area contributed by atoms with E-state index in [0.717, 1.165) is 126 Å². The van der Waals surface area contributed by atoms with E-state index in [0.29, 0.717) is 73.1 Å². The average molecular weight is 2020 g/mol. The minimum atomic E-state index is -3.22. The van der Waals surface area contributed by atoms with Crippen LogP contribution in [0.1, 0.15) is 123 Å². The van der Waals surface area contributed by atoms with Crippen LogP contribution in [-0.2, 0) is 66.7 Å². The predicted molar refractivity (Wildman–Crippen MR) is 493 cm³/mol. The maximum absolute atomic E-state index is 11.6. The maximum atomic E-state index is 11.6. The molecule has 9 aromatic carbocycles. The van der Waals surface area contributed by atoms with Crippen molar-refractivity contribution in [1.82, 2.24) is 0 Å². The van der Waals surface area contributed by atoms with Crippen LogP contribution in [0, 0.1) is 0 Å². The number of carboxylic acids is 1. The second-order valence-electron chi connectivity index (χ2n) is 24.0. The largest absolute Gasteiger partial charge is 1.00 e. The number of anilines is 1. The Labute approximate surface area is 852 Å². The fourth-order valence-electron chi connectivity index (χ4n) is 9.86. The number of phenolic OH excluding ortho intramolecular Hbond substituents is 2. The number of aromatic carboxylic acids is 1. The Morgan fingerprint density at radius 2 is 0.856 bits per heavy atom. The van der Waals surface area contributed by atoms with Crippen LogP contribution in [0.4, 0.5) is 10.1 Å². The molecule has 0 spiro atoms. The fourth-order valence-corrected chi connectivity index (χ4v) is 10.4. The molecule has 0 heterocycles. The minimum absolute atomic E-state index is 0. The zero-order chi connectivity index (χ0) is 93.3. The van der Waals surface area contributed by atoms with Crippen molar-refractivity contribution >= 4 is 246 Å². The molecule has 0 aromatic heterocycles. The quantitative estimate of drug-likeness (QED) is 0.00208. The molecule has 0 bridgehead atoms. The van der Waals surface area contributed by atoms with E-state index in [-0.39, 0.29) is 151 Å². The summed E-state index contributed by atoms with van der Waals surface area (Å²) in [4.78, 5) is 111. The molecule has 2 atom stereocenters. The number of esters is 5. The summed E-state index contributed by atoms with van der Waals surface area (Å²) in [6.45, 7) is 15.4. The molecule has 1 radical (unpaired) electrons. The Bertz CT molecular complexity index is 4640. The maximum Gasteiger partial charge on any atom is 1.00 e. The molecule has 0 aliphatic heterocycles. The number of aliphatic hydroxyl groups is 2. The second-order valence-corrected chi connectivity index (χ2v) is 32.6. The summed E-state index contributed by atoms with van der Waals surface area (Å²) in [6, 6.07) is 56.1. The van der Waals surface area contributed by atoms with E-state index in [4.69, 9.17) is 73.6 Å². The Morgan fingerprint density at radius 1 is 0.520 bits per heavy atom. The third-order valence-corrected chi connectivity index (χ3v) is 16.3. The molecular weight excluding hydrogens is 1920 g/mol. The van der Waals surface area contributed by atoms with Gasteiger partial charge in [-0.15, -0.1) is 23.2 Å². The van der Waals surface area contributed by atoms with Crippen molar-refractivity contribution in [2.45, 2.75) is 103 Å². The second kappa shape index (κ2) is 80.4. The summed E-state index contributed by atoms with van der Waals surface area (Å²) in [5, 5.41) is 59.1. The van der Waals surface area contributed by atoms with Gasteiger partial charge >= 0.3 is 92.4 Å². The number of aliphatic hydroxyl groups excluding tert-OH is 2. The Balaban J connectivity index is -0.000000683. The molecule has 0 aliphatic carbocycles. The number of hydrogen-bond donors (Lipinski definition) is 5. The SMILES string of the molecule is C=CC(=O)OCCCCCCI.C=CC(=O)OCCCCCCOc1ccc2ccccc2c1C(=O)O.C=CC(=O)OCCCCCCOc1ccc2ccccc2c1C=O.CCOC(=O)C(O)C(O)C(=O)OCC.CN(C=O)c1ccccc1.ClCCl.O=CO[O-].O=Cc1c(O)ccc2ccccc12.O=P(Cl)(Cl)Cl.Oc1ccc2ccccc2c1.[2H]CF.[K+].[K]. The van der Waals surface area contributed by atoms with Crippen LogP contribution < -0.4 is 71.0 Å². The first kappa shape index (κ1) is 122. The number of fused-ring (bicyclic) bond motifs is 4. The van der Waals surface area contributed by atoms with Crippen molar-refractivity contribution in [1.29, 1.82) is 0 Å². The number of carbonyl (C=O) groups is 10. The van der Waals surface area contributed by atoms with Gasteiger partial charge in [-0.1, -0.05) is 195 Å². The third-order valence-electron chi connectivity index (χ3n) is 15.5. The summed E-state index contributed by atoms with van der Waals surface area (Å²) in [5.41, 5.74) is 2.08. The number of aldehydes is 2. The smallest absolute Gasteiger partial charge is 0.662 e. The van der Waals surface area contributed by atoms with E-state index < -0.39 is 48.4 Å². The van der Waals surface area contributed by atoms with Gasteiger partial charge in [0.1, 0.15) is 28.6 Å². The number of hydrogen-bond acceptors (Lipinski definition) is 24. The molecule has 671 valence electrons. The number of nitrogens with zero attached hydrogens (tertiary/aromatic N) is 1. The molecule has 125 heavy (non-hydrogen) atoms. The van der Waals surface area contributed by atoms with Crippen molar-refractivity contribution in [2.75, 3.05) is 75.1 Å². The van der Waals surface area contributed by atoms with E-state index in [1.54, 1.807) is 51.2 Å². The zero-order valence-corrected chi connectivity index (χ0v) is 83.2. The number of rotatable bonds is 36. The normalized spacial score (nSPS) is 10.2. The van der Waals surface area contributed by atoms with Gasteiger partial charge in [-0.25, -0.2) is 28.8 Å². The summed E-state index contributed by atoms with van der Waals surface area (Å²) >= 11 is 25.7. The third kappa shape index (κ3) is 59.0. The first-order chi connectivity index (χ1) is 59.5. The van der Waals surface area contributed by atoms with E-state index in [2.05, 4.69) is 90.4 Å². The van der Waals surface area contributed by atoms with E-state index in [9.17, 15) is 62.3 Å². The number of ether oxygens (including phenoxy) is 7. The van der Waals surface area contributed by atoms with Gasteiger partial charge < -0.3 is 73.7 Å². The fraction of sp³-hybridized carbons (Fsp3) is 0.303. The number of alkyl halides is 4. The molecule has 26 nitrogen and oxygen atoms in total. The number of halogens is 7. The Hall–Kier alpha value is -6.97. The number of para-hydroxylation sites is 1. The van der Waals surface area contributed by atoms with Gasteiger partial charge in [-0.3, -0.25) is 28.1 Å². The van der Waals surface area contributed by atoms with Gasteiger partial charge in [0, 0.05) is 82.3 Å². The summed E-state index contributed by atoms with van der Waals surface area (Å²) in [7, 11) is 0.725. The van der Waals surface area contributed by atoms with Crippen LogP contribution in [0.2, 0.25) is 0 Å². The molecule has 0 saturated heterocycles. The first-order valence-electron chi connectivity index (χ1n) is 38.3. The van der Waals surface area contributed by atoms with Crippen LogP contribution in [0.25, 0.3) is 43.1 Å². The first-order valence-corrected chi connectivity index (χ1v) is 44.6. The molecule has 5 N–H and O–H groups in total. The van der Waals surface area contributed by atoms with Gasteiger partial charge in [0.05, 0.1) is 71.2 Å². The van der Waals surface area contributed by atoms with Crippen LogP contribution in [0.3, 0.4) is 0 Å². The molecular formula is C89H104Cl5FIK2NO25P. The van der Waals surface area contributed by atoms with E-state index in [1.807, 2.05) is 146 Å². The molecule has 0 aliphatic rings. The number of benzene rings is 9. The topological polar surface area (TPSA) is 389 Å². The van der Waals surface area contributed by atoms with E-state index in [1.165, 1.54) is 40.4 Å². The summed E-state index contributed by atoms with van der Waals surface area (Å²) in [6.07, 6.45) is 13.7. The van der Waals surface area contributed by atoms with Crippen LogP contribution in [0.5, 0.6) is 23.0 Å². The Morgan fingerprint density at radius 3 is 1.24 bits per heavy atom. The molecule has 36 heteroatoms. The predicted octanol–water partition coefficient (Wildman–Crippen LogP) is 16.1. The summed E-state index contributed by atoms with van der Waals surface area (Å²) in [5.74, 6) is -2.80. The molecule has 0 fully saturated rings. The minimum Gasteiger partial charge on any atom is -0.662 e. The van der Waals surface area contributed by atoms with E-state index >= 15 is 0 Å². The molecule has 2 unspecified atom stereocenters. The van der Waals surface area contributed by atoms with Crippen LogP contribution in [-0.4, -0.2) is 221 Å². The molecule has 0 saturated carbocycles. The monoisotopic (exact) mass is 2020 g/mol. The van der Waals surface area contributed by atoms with Crippen molar-refractivity contribution < 1.29 is 178 Å². The van der Waals surface area contributed by atoms with Gasteiger partial charge in [-0.2, -0.15) is 0 Å². The molecule has 9 aromatic rings. The number of carboxylic acid groups (broad SMARTS) is 1. The van der Waals surface area contributed by atoms with Crippen molar-refractivity contribution in [3.8, 4) is 23.0 Å². The van der Waals surface area contributed by atoms with Gasteiger partial charge in [0.25, 0.3) is 6.47 Å². The van der Waals surface area contributed by atoms with Crippen molar-refractivity contribution in [3.63, 3.8) is 0 Å². The Kier molecular flexibility index (Phi) is 78.5. The average Bonchev–Trinajstić information content (AvgIpc) is 0.803. The molecule has 9 rings (SSSR count). The van der Waals surface area contributed by atoms with Gasteiger partial charge in [0.2, 0.25) is 6.41 Å². The number of amides is 1. The standard InChI is InChI=1S/C20H22O5.C20H22O4.C11H8O2.C10H8O.C9H15IO2.C8H9NO.C8H14O6.CH2Cl2.CH3F.CH2O3.Cl3OP.2K/c1-2-18(21)25-14-8-4-3-7-13-24-17-12-11-15-9-5-6-10-16(15)19(17)20(22)23;1-2-20(22)24-14-8-4-3-7-13-23-19-12-11-16-9-5-6-10-17(16)18(19)15-21;12-7-10-9-4-2-1-3-8(9)5-6-11(10)13;11-10-6-5-8-3-1-2-4-9(8)7-10;1-2-9(11)12-8-6-4-3-5-7-10;1-9(7-10)8-5-3-2-4-6-8;1-3-13-7(11)5(9)6(10)8(12)14-4-2;2-1-3;1-2;2-1-4-3;1-5(2,3)4;;/h2,5-6,9-12H,1,3-4,7-8,13-14H2,(H,22,23);2,5-6,9-12,15H,1,3-4,7-8,13-14H2;1-7,13H;1-7,11H;2H,1,3-8H2;2-7H,1H3;5-6,9-10H,3-4H2,1-2H3;1H2;1H3;1,3H;;;/q;;;;;;;;;;;;+1/p-1/i;;;;;;;;1D;;;;. The number of phenols is 2. The summed E-state index contributed by atoms with van der Waals surface area (Å²) < 4.78 is 61.1. The number of unbranched alkanes of at least 4 members (excludes halogenated alkanes) is 9. The molecule has 1 amide bonds. The van der Waals surface area contributed by atoms with Gasteiger partial charge in [0.15, 0.2) is 24.8 Å². The number of carbonyl (C=O) groups excluding carboxylic acids is 9. The van der Waals surface area contributed by atoms with Crippen molar-refractivity contribution in [2.24, 2.45) is 0 Å². The van der Waals surface area contributed by atoms with Gasteiger partial charge in [-0.05, 0) is 202 Å². The van der Waals surface area contributed by atoms with Crippen LogP contribution in [0.15, 0.2) is 220 Å².